The third-order valence-electron chi connectivity index (χ3n) is 8.38. The van der Waals surface area contributed by atoms with Crippen LogP contribution in [0.5, 0.6) is 5.75 Å². The summed E-state index contributed by atoms with van der Waals surface area (Å²) in [5.74, 6) is 0.476. The average molecular weight is 770 g/mol. The first-order valence-corrected chi connectivity index (χ1v) is 20.8. The number of ether oxygens (including phenoxy) is 9. The lowest BCUT2D eigenvalue weighted by Crippen LogP contribution is -2.15. The molecule has 0 aliphatic heterocycles. The van der Waals surface area contributed by atoms with E-state index in [4.69, 9.17) is 42.6 Å². The Balaban J connectivity index is 1.68. The molecule has 0 bridgehead atoms. The molecule has 0 fully saturated rings. The highest BCUT2D eigenvalue weighted by atomic mass is 16.6. The Bertz CT molecular complexity index is 951. The van der Waals surface area contributed by atoms with Gasteiger partial charge >= 0.3 is 5.97 Å². The summed E-state index contributed by atoms with van der Waals surface area (Å²) in [5, 5.41) is 2.71. The van der Waals surface area contributed by atoms with Gasteiger partial charge in [0.25, 0.3) is 0 Å². The van der Waals surface area contributed by atoms with Crippen molar-refractivity contribution in [3.63, 3.8) is 0 Å². The minimum Gasteiger partial charge on any atom is -0.491 e. The Morgan fingerprint density at radius 2 is 0.778 bits per heavy atom. The molecule has 1 amide bonds. The predicted octanol–water partition coefficient (Wildman–Crippen LogP) is 7.94. The molecule has 314 valence electrons. The second-order valence-corrected chi connectivity index (χ2v) is 13.3. The summed E-state index contributed by atoms with van der Waals surface area (Å²) in [6, 6.07) is 7.18. The third kappa shape index (κ3) is 36.6. The number of carbonyl (C=O) groups is 2. The van der Waals surface area contributed by atoms with Crippen LogP contribution in [0.25, 0.3) is 0 Å². The van der Waals surface area contributed by atoms with Gasteiger partial charge in [0.05, 0.1) is 92.5 Å². The molecule has 0 radical (unpaired) electrons. The number of carbonyl (C=O) groups excluding carboxylic acids is 2. The monoisotopic (exact) mass is 770 g/mol. The zero-order valence-electron chi connectivity index (χ0n) is 33.9. The van der Waals surface area contributed by atoms with Crippen LogP contribution in [0.2, 0.25) is 0 Å². The number of amides is 1. The van der Waals surface area contributed by atoms with Crippen LogP contribution >= 0.6 is 0 Å². The molecular weight excluding hydrogens is 694 g/mol. The van der Waals surface area contributed by atoms with Crippen molar-refractivity contribution in [2.24, 2.45) is 0 Å². The normalized spacial score (nSPS) is 11.2. The van der Waals surface area contributed by atoms with Gasteiger partial charge in [-0.05, 0) is 30.7 Å². The van der Waals surface area contributed by atoms with Crippen molar-refractivity contribution in [3.8, 4) is 5.75 Å². The fourth-order valence-electron chi connectivity index (χ4n) is 5.40. The first-order chi connectivity index (χ1) is 26.6. The van der Waals surface area contributed by atoms with Crippen LogP contribution < -0.4 is 10.1 Å². The van der Waals surface area contributed by atoms with E-state index in [1.165, 1.54) is 90.4 Å². The van der Waals surface area contributed by atoms with E-state index in [9.17, 15) is 9.59 Å². The van der Waals surface area contributed by atoms with Gasteiger partial charge in [-0.15, -0.1) is 0 Å². The highest BCUT2D eigenvalue weighted by Crippen LogP contribution is 2.16. The predicted molar refractivity (Wildman–Crippen MR) is 212 cm³/mol. The van der Waals surface area contributed by atoms with E-state index < -0.39 is 0 Å². The molecule has 1 N–H and O–H groups in total. The fraction of sp³-hybridized carbons (Fsp3) is 0.810. The van der Waals surface area contributed by atoms with Crippen molar-refractivity contribution >= 4 is 17.6 Å². The van der Waals surface area contributed by atoms with Gasteiger partial charge in [-0.1, -0.05) is 96.8 Å². The standard InChI is InChI=1S/C42H75NO11/c1-3-4-5-6-7-8-9-10-11-12-13-14-15-16-17-18-42(45)54-38-36-52-34-32-50-30-28-48-26-24-46-23-25-47-27-29-49-31-33-51-35-37-53-41-21-19-40(20-22-41)43-39(2)44/h19-22H,3-18,23-38H2,1-2H3,(H,43,44). The molecule has 0 spiro atoms. The summed E-state index contributed by atoms with van der Waals surface area (Å²) in [4.78, 5) is 23.0. The van der Waals surface area contributed by atoms with Crippen molar-refractivity contribution in [1.29, 1.82) is 0 Å². The van der Waals surface area contributed by atoms with Crippen molar-refractivity contribution in [1.82, 2.24) is 0 Å². The number of unbranched alkanes of at least 4 members (excludes halogenated alkanes) is 14. The summed E-state index contributed by atoms with van der Waals surface area (Å²) in [7, 11) is 0. The van der Waals surface area contributed by atoms with Gasteiger partial charge < -0.3 is 47.9 Å². The summed E-state index contributed by atoms with van der Waals surface area (Å²) < 4.78 is 49.3. The smallest absolute Gasteiger partial charge is 0.305 e. The van der Waals surface area contributed by atoms with E-state index in [2.05, 4.69) is 12.2 Å². The van der Waals surface area contributed by atoms with Crippen molar-refractivity contribution in [3.05, 3.63) is 24.3 Å². The molecule has 12 heteroatoms. The molecule has 0 aromatic heterocycles. The molecule has 1 aromatic rings. The molecule has 0 aliphatic rings. The second kappa shape index (κ2) is 40.3. The summed E-state index contributed by atoms with van der Waals surface area (Å²) in [6.45, 7) is 11.1. The van der Waals surface area contributed by atoms with Gasteiger partial charge in [0.1, 0.15) is 19.0 Å². The Morgan fingerprint density at radius 3 is 1.15 bits per heavy atom. The Morgan fingerprint density at radius 1 is 0.444 bits per heavy atom. The molecule has 0 saturated heterocycles. The van der Waals surface area contributed by atoms with Gasteiger partial charge in [0.2, 0.25) is 5.91 Å². The van der Waals surface area contributed by atoms with Crippen LogP contribution in [-0.2, 0) is 47.5 Å². The van der Waals surface area contributed by atoms with Crippen molar-refractivity contribution < 1.29 is 52.2 Å². The van der Waals surface area contributed by atoms with E-state index >= 15 is 0 Å². The average Bonchev–Trinajstić information content (AvgIpc) is 3.16. The van der Waals surface area contributed by atoms with E-state index in [1.54, 1.807) is 24.3 Å². The largest absolute Gasteiger partial charge is 0.491 e. The second-order valence-electron chi connectivity index (χ2n) is 13.3. The molecule has 54 heavy (non-hydrogen) atoms. The zero-order chi connectivity index (χ0) is 38.8. The number of esters is 1. The highest BCUT2D eigenvalue weighted by Gasteiger charge is 2.03. The molecule has 0 heterocycles. The Hall–Kier alpha value is -2.32. The Kier molecular flexibility index (Phi) is 37.1. The number of rotatable bonds is 42. The number of anilines is 1. The maximum atomic E-state index is 11.9. The van der Waals surface area contributed by atoms with Crippen LogP contribution in [0, 0.1) is 0 Å². The maximum absolute atomic E-state index is 11.9. The highest BCUT2D eigenvalue weighted by molar-refractivity contribution is 5.88. The van der Waals surface area contributed by atoms with Gasteiger partial charge in [0.15, 0.2) is 0 Å². The molecule has 0 atom stereocenters. The summed E-state index contributed by atoms with van der Waals surface area (Å²) >= 11 is 0. The quantitative estimate of drug-likeness (QED) is 0.0514. The van der Waals surface area contributed by atoms with Crippen LogP contribution in [0.1, 0.15) is 117 Å². The maximum Gasteiger partial charge on any atom is 0.305 e. The third-order valence-corrected chi connectivity index (χ3v) is 8.38. The van der Waals surface area contributed by atoms with Gasteiger partial charge in [0, 0.05) is 19.0 Å². The van der Waals surface area contributed by atoms with Gasteiger partial charge in [-0.25, -0.2) is 0 Å². The molecule has 1 aromatic carbocycles. The summed E-state index contributed by atoms with van der Waals surface area (Å²) in [6.07, 6.45) is 20.2. The van der Waals surface area contributed by atoms with Gasteiger partial charge in [-0.2, -0.15) is 0 Å². The SMILES string of the molecule is CCCCCCCCCCCCCCCCCC(=O)OCCOCCOCCOCCOCCOCCOCCOCCOc1ccc(NC(C)=O)cc1. The molecule has 12 nitrogen and oxygen atoms in total. The van der Waals surface area contributed by atoms with Crippen molar-refractivity contribution in [2.45, 2.75) is 117 Å². The van der Waals surface area contributed by atoms with E-state index in [1.807, 2.05) is 0 Å². The minimum atomic E-state index is -0.133. The number of benzene rings is 1. The molecule has 0 unspecified atom stereocenters. The lowest BCUT2D eigenvalue weighted by molar-refractivity contribution is -0.145. The number of hydrogen-bond acceptors (Lipinski definition) is 11. The van der Waals surface area contributed by atoms with E-state index in [-0.39, 0.29) is 18.5 Å². The summed E-state index contributed by atoms with van der Waals surface area (Å²) in [5.41, 5.74) is 0.732. The zero-order valence-corrected chi connectivity index (χ0v) is 33.9. The topological polar surface area (TPSA) is 129 Å². The molecular formula is C42H75NO11. The van der Waals surface area contributed by atoms with Crippen LogP contribution in [-0.4, -0.2) is 118 Å². The number of nitrogens with one attached hydrogen (secondary N) is 1. The lowest BCUT2D eigenvalue weighted by Gasteiger charge is -2.09. The van der Waals surface area contributed by atoms with Crippen LogP contribution in [0.4, 0.5) is 5.69 Å². The first kappa shape index (κ1) is 49.7. The van der Waals surface area contributed by atoms with Crippen LogP contribution in [0.15, 0.2) is 24.3 Å². The van der Waals surface area contributed by atoms with E-state index in [0.717, 1.165) is 18.5 Å². The Labute approximate surface area is 326 Å². The number of hydrogen-bond donors (Lipinski definition) is 1. The van der Waals surface area contributed by atoms with E-state index in [0.29, 0.717) is 111 Å². The van der Waals surface area contributed by atoms with Crippen LogP contribution in [0.3, 0.4) is 0 Å². The molecule has 0 saturated carbocycles. The van der Waals surface area contributed by atoms with Gasteiger partial charge in [-0.3, -0.25) is 9.59 Å². The molecule has 1 rings (SSSR count). The fourth-order valence-corrected chi connectivity index (χ4v) is 5.40. The van der Waals surface area contributed by atoms with Crippen molar-refractivity contribution in [2.75, 3.05) is 111 Å². The first-order valence-electron chi connectivity index (χ1n) is 20.8. The molecule has 0 aliphatic carbocycles. The minimum absolute atomic E-state index is 0.108. The lowest BCUT2D eigenvalue weighted by atomic mass is 10.0.